The number of hydrogen-bond acceptors (Lipinski definition) is 5. The molecule has 0 saturated carbocycles. The van der Waals surface area contributed by atoms with Gasteiger partial charge in [0.05, 0.1) is 6.61 Å². The third kappa shape index (κ3) is 23.3. The van der Waals surface area contributed by atoms with E-state index >= 15 is 0 Å². The van der Waals surface area contributed by atoms with E-state index in [0.29, 0.717) is 19.3 Å². The molecule has 0 aliphatic carbocycles. The number of aliphatic hydroxyl groups excluding tert-OH is 1. The first-order valence-electron chi connectivity index (χ1n) is 13.4. The summed E-state index contributed by atoms with van der Waals surface area (Å²) in [5, 5.41) is 9.27. The summed E-state index contributed by atoms with van der Waals surface area (Å²) in [7, 11) is 0. The van der Waals surface area contributed by atoms with Crippen molar-refractivity contribution in [3.8, 4) is 0 Å². The third-order valence-electron chi connectivity index (χ3n) is 5.47. The predicted octanol–water partition coefficient (Wildman–Crippen LogP) is 7.22. The maximum absolute atomic E-state index is 11.9. The normalized spacial score (nSPS) is 12.5. The highest BCUT2D eigenvalue weighted by molar-refractivity contribution is 5.70. The van der Waals surface area contributed by atoms with Gasteiger partial charge in [-0.1, -0.05) is 89.5 Å². The lowest BCUT2D eigenvalue weighted by Gasteiger charge is -2.15. The Balaban J connectivity index is 3.49. The van der Waals surface area contributed by atoms with Crippen LogP contribution in [0.4, 0.5) is 0 Å². The molecule has 0 aromatic rings. The Hall–Kier alpha value is -1.62. The van der Waals surface area contributed by atoms with E-state index in [1.807, 2.05) is 6.92 Å². The van der Waals surface area contributed by atoms with Crippen LogP contribution in [0.5, 0.6) is 0 Å². The zero-order valence-corrected chi connectivity index (χ0v) is 21.4. The van der Waals surface area contributed by atoms with Gasteiger partial charge in [-0.25, -0.2) is 0 Å². The molecule has 0 aromatic carbocycles. The molecule has 0 amide bonds. The summed E-state index contributed by atoms with van der Waals surface area (Å²) in [4.78, 5) is 23.2. The Morgan fingerprint density at radius 1 is 0.697 bits per heavy atom. The fourth-order valence-corrected chi connectivity index (χ4v) is 3.44. The van der Waals surface area contributed by atoms with E-state index < -0.39 is 6.10 Å². The Kier molecular flexibility index (Phi) is 23.8. The molecule has 0 rings (SSSR count). The molecule has 1 unspecified atom stereocenters. The van der Waals surface area contributed by atoms with Crippen LogP contribution in [0.2, 0.25) is 0 Å². The van der Waals surface area contributed by atoms with Gasteiger partial charge in [0.15, 0.2) is 6.10 Å². The molecule has 0 heterocycles. The van der Waals surface area contributed by atoms with Gasteiger partial charge in [0.25, 0.3) is 0 Å². The van der Waals surface area contributed by atoms with Crippen LogP contribution in [-0.4, -0.2) is 36.4 Å². The first kappa shape index (κ1) is 31.4. The smallest absolute Gasteiger partial charge is 0.306 e. The monoisotopic (exact) mass is 466 g/mol. The molecule has 0 radical (unpaired) electrons. The molecule has 5 nitrogen and oxygen atoms in total. The zero-order chi connectivity index (χ0) is 24.4. The molecule has 0 aliphatic heterocycles. The summed E-state index contributed by atoms with van der Waals surface area (Å²) in [5.41, 5.74) is 0. The molecule has 192 valence electrons. The quantitative estimate of drug-likeness (QED) is 0.0977. The second kappa shape index (κ2) is 25.0. The van der Waals surface area contributed by atoms with Gasteiger partial charge in [0, 0.05) is 12.8 Å². The van der Waals surface area contributed by atoms with Crippen LogP contribution in [0, 0.1) is 0 Å². The van der Waals surface area contributed by atoms with Crippen molar-refractivity contribution in [1.82, 2.24) is 0 Å². The number of hydrogen-bond donors (Lipinski definition) is 1. The Morgan fingerprint density at radius 2 is 1.27 bits per heavy atom. The number of rotatable bonds is 23. The summed E-state index contributed by atoms with van der Waals surface area (Å²) in [6.45, 7) is 3.72. The Morgan fingerprint density at radius 3 is 1.85 bits per heavy atom. The van der Waals surface area contributed by atoms with Gasteiger partial charge in [0.2, 0.25) is 0 Å². The van der Waals surface area contributed by atoms with Crippen molar-refractivity contribution in [1.29, 1.82) is 0 Å². The van der Waals surface area contributed by atoms with Gasteiger partial charge in [-0.15, -0.1) is 0 Å². The van der Waals surface area contributed by atoms with Gasteiger partial charge in [-0.3, -0.25) is 9.59 Å². The van der Waals surface area contributed by atoms with E-state index in [0.717, 1.165) is 32.1 Å². The lowest BCUT2D eigenvalue weighted by molar-refractivity contribution is -0.161. The first-order valence-corrected chi connectivity index (χ1v) is 13.4. The Labute approximate surface area is 203 Å². The largest absolute Gasteiger partial charge is 0.462 e. The van der Waals surface area contributed by atoms with Crippen LogP contribution in [0.1, 0.15) is 123 Å². The minimum absolute atomic E-state index is 0.0773. The highest BCUT2D eigenvalue weighted by Crippen LogP contribution is 2.11. The van der Waals surface area contributed by atoms with Crippen LogP contribution >= 0.6 is 0 Å². The molecule has 0 spiro atoms. The summed E-state index contributed by atoms with van der Waals surface area (Å²) in [6, 6.07) is 0. The molecular formula is C28H50O5. The number of esters is 2. The van der Waals surface area contributed by atoms with Gasteiger partial charge in [-0.05, 0) is 44.9 Å². The molecule has 0 saturated heterocycles. The van der Waals surface area contributed by atoms with Crippen molar-refractivity contribution >= 4 is 11.9 Å². The zero-order valence-electron chi connectivity index (χ0n) is 21.4. The predicted molar refractivity (Wildman–Crippen MR) is 136 cm³/mol. The van der Waals surface area contributed by atoms with Gasteiger partial charge >= 0.3 is 11.9 Å². The van der Waals surface area contributed by atoms with Crippen LogP contribution in [-0.2, 0) is 19.1 Å². The summed E-state index contributed by atoms with van der Waals surface area (Å²) in [6.07, 6.45) is 26.4. The minimum atomic E-state index is -0.765. The fourth-order valence-electron chi connectivity index (χ4n) is 3.44. The van der Waals surface area contributed by atoms with Crippen molar-refractivity contribution in [3.63, 3.8) is 0 Å². The van der Waals surface area contributed by atoms with Gasteiger partial charge in [0.1, 0.15) is 6.61 Å². The number of unbranched alkanes of at least 4 members (excludes halogenated alkanes) is 11. The van der Waals surface area contributed by atoms with Gasteiger partial charge < -0.3 is 14.6 Å². The van der Waals surface area contributed by atoms with Crippen LogP contribution in [0.3, 0.4) is 0 Å². The topological polar surface area (TPSA) is 72.8 Å². The molecule has 1 atom stereocenters. The second-order valence-corrected chi connectivity index (χ2v) is 8.77. The Bertz CT molecular complexity index is 512. The van der Waals surface area contributed by atoms with Crippen LogP contribution < -0.4 is 0 Å². The van der Waals surface area contributed by atoms with Crippen molar-refractivity contribution in [2.75, 3.05) is 13.2 Å². The highest BCUT2D eigenvalue weighted by atomic mass is 16.6. The van der Waals surface area contributed by atoms with Crippen LogP contribution in [0.25, 0.3) is 0 Å². The summed E-state index contributed by atoms with van der Waals surface area (Å²) < 4.78 is 10.2. The molecular weight excluding hydrogens is 416 g/mol. The van der Waals surface area contributed by atoms with Crippen molar-refractivity contribution in [3.05, 3.63) is 24.3 Å². The van der Waals surface area contributed by atoms with E-state index in [1.165, 1.54) is 57.8 Å². The van der Waals surface area contributed by atoms with E-state index in [9.17, 15) is 14.7 Å². The molecule has 0 fully saturated rings. The highest BCUT2D eigenvalue weighted by Gasteiger charge is 2.15. The maximum Gasteiger partial charge on any atom is 0.306 e. The van der Waals surface area contributed by atoms with Crippen molar-refractivity contribution in [2.45, 2.75) is 129 Å². The molecule has 1 N–H and O–H groups in total. The lowest BCUT2D eigenvalue weighted by Crippen LogP contribution is -2.28. The molecule has 0 aromatic heterocycles. The summed E-state index contributed by atoms with van der Waals surface area (Å²) in [5.74, 6) is -0.664. The number of allylic oxidation sites excluding steroid dienone is 4. The lowest BCUT2D eigenvalue weighted by atomic mass is 10.1. The van der Waals surface area contributed by atoms with E-state index in [2.05, 4.69) is 31.2 Å². The number of carbonyl (C=O) groups excluding carboxylic acids is 2. The fraction of sp³-hybridized carbons (Fsp3) is 0.786. The molecule has 0 aliphatic rings. The average Bonchev–Trinajstić information content (AvgIpc) is 2.81. The van der Waals surface area contributed by atoms with E-state index in [-0.39, 0.29) is 25.2 Å². The molecule has 5 heteroatoms. The van der Waals surface area contributed by atoms with Crippen LogP contribution in [0.15, 0.2) is 24.3 Å². The van der Waals surface area contributed by atoms with E-state index in [1.54, 1.807) is 0 Å². The average molecular weight is 467 g/mol. The molecule has 0 bridgehead atoms. The second-order valence-electron chi connectivity index (χ2n) is 8.77. The SMILES string of the molecule is CCCCCC/C=C\C/C=C\CCCCCCCCCC(=O)OC(CO)COC(=O)CCC. The van der Waals surface area contributed by atoms with Gasteiger partial charge in [-0.2, -0.15) is 0 Å². The number of aliphatic hydroxyl groups is 1. The first-order chi connectivity index (χ1) is 16.1. The van der Waals surface area contributed by atoms with Crippen molar-refractivity contribution in [2.24, 2.45) is 0 Å². The number of carbonyl (C=O) groups is 2. The standard InChI is InChI=1S/C28H50O5/c1-3-5-6-7-8-9-10-11-12-13-14-15-16-17-18-19-20-21-23-28(31)33-26(24-29)25-32-27(30)22-4-2/h9-10,12-13,26,29H,3-8,11,14-25H2,1-2H3/b10-9-,13-12-. The molecule has 33 heavy (non-hydrogen) atoms. The van der Waals surface area contributed by atoms with E-state index in [4.69, 9.17) is 9.47 Å². The maximum atomic E-state index is 11.9. The minimum Gasteiger partial charge on any atom is -0.462 e. The summed E-state index contributed by atoms with van der Waals surface area (Å²) >= 11 is 0. The third-order valence-corrected chi connectivity index (χ3v) is 5.47. The number of ether oxygens (including phenoxy) is 2. The van der Waals surface area contributed by atoms with Crippen molar-refractivity contribution < 1.29 is 24.2 Å².